The van der Waals surface area contributed by atoms with Gasteiger partial charge in [-0.3, -0.25) is 19.9 Å². The summed E-state index contributed by atoms with van der Waals surface area (Å²) in [5.74, 6) is 0.407. The van der Waals surface area contributed by atoms with E-state index in [0.717, 1.165) is 17.1 Å². The molecule has 3 heterocycles. The average molecular weight is 425 g/mol. The van der Waals surface area contributed by atoms with Gasteiger partial charge in [0.2, 0.25) is 0 Å². The second-order valence-corrected chi connectivity index (χ2v) is 7.13. The van der Waals surface area contributed by atoms with Crippen molar-refractivity contribution in [1.82, 2.24) is 20.1 Å². The largest absolute Gasteiger partial charge is 0.352 e. The third-order valence-corrected chi connectivity index (χ3v) is 5.22. The number of pyridine rings is 1. The fraction of sp³-hybridized carbons (Fsp3) is 0.200. The molecule has 1 saturated heterocycles. The van der Waals surface area contributed by atoms with E-state index in [4.69, 9.17) is 11.6 Å². The number of nitro groups is 1. The monoisotopic (exact) mass is 424 g/mol. The summed E-state index contributed by atoms with van der Waals surface area (Å²) in [6.45, 7) is 2.03. The smallest absolute Gasteiger partial charge is 0.270 e. The number of piperazine rings is 1. The van der Waals surface area contributed by atoms with Gasteiger partial charge in [0, 0.05) is 56.3 Å². The van der Waals surface area contributed by atoms with Crippen molar-refractivity contribution in [3.63, 3.8) is 0 Å². The minimum atomic E-state index is -0.543. The van der Waals surface area contributed by atoms with Crippen molar-refractivity contribution >= 4 is 29.0 Å². The first kappa shape index (κ1) is 19.7. The van der Waals surface area contributed by atoms with Crippen LogP contribution in [0.4, 0.5) is 11.5 Å². The molecule has 30 heavy (non-hydrogen) atoms. The standard InChI is InChI=1S/C20H17ClN6O3/c21-17-4-3-15(27(29)30)12-16(17)20(28)26-10-8-25(9-11-26)19-6-5-18(23-24-19)14-2-1-7-22-13-14/h1-7,12-13H,8-11H2. The summed E-state index contributed by atoms with van der Waals surface area (Å²) in [5, 5.41) is 19.8. The van der Waals surface area contributed by atoms with Gasteiger partial charge in [-0.05, 0) is 30.3 Å². The van der Waals surface area contributed by atoms with Gasteiger partial charge < -0.3 is 9.80 Å². The summed E-state index contributed by atoms with van der Waals surface area (Å²) in [4.78, 5) is 31.0. The SMILES string of the molecule is O=C(c1cc([N+](=O)[O-])ccc1Cl)N1CCN(c2ccc(-c3cccnc3)nn2)CC1. The molecule has 1 fully saturated rings. The Morgan fingerprint density at radius 1 is 1.07 bits per heavy atom. The highest BCUT2D eigenvalue weighted by Crippen LogP contribution is 2.24. The molecule has 0 saturated carbocycles. The van der Waals surface area contributed by atoms with Crippen LogP contribution in [0.2, 0.25) is 5.02 Å². The van der Waals surface area contributed by atoms with E-state index in [9.17, 15) is 14.9 Å². The molecule has 4 rings (SSSR count). The molecule has 1 aliphatic rings. The van der Waals surface area contributed by atoms with Gasteiger partial charge in [0.1, 0.15) is 0 Å². The zero-order valence-corrected chi connectivity index (χ0v) is 16.6. The Kier molecular flexibility index (Phi) is 5.53. The lowest BCUT2D eigenvalue weighted by molar-refractivity contribution is -0.384. The molecule has 152 valence electrons. The van der Waals surface area contributed by atoms with Crippen LogP contribution in [-0.4, -0.2) is 57.1 Å². The van der Waals surface area contributed by atoms with Crippen molar-refractivity contribution in [2.24, 2.45) is 0 Å². The van der Waals surface area contributed by atoms with Crippen molar-refractivity contribution in [2.45, 2.75) is 0 Å². The van der Waals surface area contributed by atoms with Crippen LogP contribution in [0, 0.1) is 10.1 Å². The Balaban J connectivity index is 1.42. The number of nitrogens with zero attached hydrogens (tertiary/aromatic N) is 6. The number of amides is 1. The van der Waals surface area contributed by atoms with Gasteiger partial charge in [0.25, 0.3) is 11.6 Å². The fourth-order valence-corrected chi connectivity index (χ4v) is 3.46. The zero-order chi connectivity index (χ0) is 21.1. The van der Waals surface area contributed by atoms with Crippen molar-refractivity contribution in [1.29, 1.82) is 0 Å². The zero-order valence-electron chi connectivity index (χ0n) is 15.8. The number of anilines is 1. The van der Waals surface area contributed by atoms with Gasteiger partial charge in [0.05, 0.1) is 21.2 Å². The van der Waals surface area contributed by atoms with E-state index in [0.29, 0.717) is 26.2 Å². The third-order valence-electron chi connectivity index (χ3n) is 4.89. The second kappa shape index (κ2) is 8.42. The Morgan fingerprint density at radius 3 is 2.50 bits per heavy atom. The van der Waals surface area contributed by atoms with Crippen molar-refractivity contribution in [2.75, 3.05) is 31.1 Å². The molecule has 0 bridgehead atoms. The summed E-state index contributed by atoms with van der Waals surface area (Å²) >= 11 is 6.10. The molecule has 1 aromatic carbocycles. The van der Waals surface area contributed by atoms with E-state index in [1.807, 2.05) is 29.2 Å². The molecule has 0 spiro atoms. The van der Waals surface area contributed by atoms with E-state index < -0.39 is 4.92 Å². The number of aromatic nitrogens is 3. The average Bonchev–Trinajstić information content (AvgIpc) is 2.79. The van der Waals surface area contributed by atoms with Crippen LogP contribution in [0.15, 0.2) is 54.9 Å². The van der Waals surface area contributed by atoms with E-state index in [2.05, 4.69) is 15.2 Å². The molecule has 0 radical (unpaired) electrons. The predicted octanol–water partition coefficient (Wildman–Crippen LogP) is 3.06. The highest BCUT2D eigenvalue weighted by atomic mass is 35.5. The number of halogens is 1. The number of nitro benzene ring substituents is 1. The lowest BCUT2D eigenvalue weighted by Gasteiger charge is -2.35. The predicted molar refractivity (Wildman–Crippen MR) is 111 cm³/mol. The Labute approximate surface area is 177 Å². The molecule has 9 nitrogen and oxygen atoms in total. The first-order valence-electron chi connectivity index (χ1n) is 9.25. The van der Waals surface area contributed by atoms with Crippen LogP contribution in [0.25, 0.3) is 11.3 Å². The van der Waals surface area contributed by atoms with Crippen LogP contribution < -0.4 is 4.90 Å². The van der Waals surface area contributed by atoms with Gasteiger partial charge in [-0.1, -0.05) is 11.6 Å². The minimum Gasteiger partial charge on any atom is -0.352 e. The molecule has 2 aromatic heterocycles. The van der Waals surface area contributed by atoms with Crippen LogP contribution in [-0.2, 0) is 0 Å². The lowest BCUT2D eigenvalue weighted by atomic mass is 10.1. The molecule has 0 N–H and O–H groups in total. The number of hydrogen-bond donors (Lipinski definition) is 0. The Hall–Kier alpha value is -3.59. The molecule has 0 atom stereocenters. The van der Waals surface area contributed by atoms with Gasteiger partial charge in [0.15, 0.2) is 5.82 Å². The van der Waals surface area contributed by atoms with Crippen LogP contribution in [0.3, 0.4) is 0 Å². The number of carbonyl (C=O) groups excluding carboxylic acids is 1. The van der Waals surface area contributed by atoms with Gasteiger partial charge >= 0.3 is 0 Å². The van der Waals surface area contributed by atoms with E-state index in [-0.39, 0.29) is 22.2 Å². The highest BCUT2D eigenvalue weighted by molar-refractivity contribution is 6.33. The molecular formula is C20H17ClN6O3. The molecule has 0 aliphatic carbocycles. The Bertz CT molecular complexity index is 1070. The summed E-state index contributed by atoms with van der Waals surface area (Å²) < 4.78 is 0. The molecule has 1 aliphatic heterocycles. The molecule has 10 heteroatoms. The van der Waals surface area contributed by atoms with Gasteiger partial charge in [-0.15, -0.1) is 10.2 Å². The van der Waals surface area contributed by atoms with Crippen LogP contribution in [0.1, 0.15) is 10.4 Å². The van der Waals surface area contributed by atoms with Crippen LogP contribution >= 0.6 is 11.6 Å². The number of benzene rings is 1. The summed E-state index contributed by atoms with van der Waals surface area (Å²) in [5.41, 5.74) is 1.60. The number of non-ortho nitro benzene ring substituents is 1. The number of rotatable bonds is 4. The lowest BCUT2D eigenvalue weighted by Crippen LogP contribution is -2.49. The van der Waals surface area contributed by atoms with E-state index in [1.165, 1.54) is 18.2 Å². The maximum absolute atomic E-state index is 12.8. The number of carbonyl (C=O) groups is 1. The van der Waals surface area contributed by atoms with E-state index >= 15 is 0 Å². The Morgan fingerprint density at radius 2 is 1.87 bits per heavy atom. The van der Waals surface area contributed by atoms with Crippen molar-refractivity contribution < 1.29 is 9.72 Å². The van der Waals surface area contributed by atoms with Gasteiger partial charge in [-0.25, -0.2) is 0 Å². The summed E-state index contributed by atoms with van der Waals surface area (Å²) in [6, 6.07) is 11.4. The number of hydrogen-bond acceptors (Lipinski definition) is 7. The summed E-state index contributed by atoms with van der Waals surface area (Å²) in [6.07, 6.45) is 3.43. The first-order chi connectivity index (χ1) is 14.5. The molecule has 0 unspecified atom stereocenters. The maximum atomic E-state index is 12.8. The summed E-state index contributed by atoms with van der Waals surface area (Å²) in [7, 11) is 0. The van der Waals surface area contributed by atoms with Crippen molar-refractivity contribution in [3.8, 4) is 11.3 Å². The molecular weight excluding hydrogens is 408 g/mol. The van der Waals surface area contributed by atoms with E-state index in [1.54, 1.807) is 17.3 Å². The minimum absolute atomic E-state index is 0.139. The quantitative estimate of drug-likeness (QED) is 0.468. The topological polar surface area (TPSA) is 105 Å². The fourth-order valence-electron chi connectivity index (χ4n) is 3.26. The molecule has 1 amide bonds. The van der Waals surface area contributed by atoms with Crippen LogP contribution in [0.5, 0.6) is 0 Å². The third kappa shape index (κ3) is 4.06. The normalized spacial score (nSPS) is 13.9. The first-order valence-corrected chi connectivity index (χ1v) is 9.63. The van der Waals surface area contributed by atoms with Gasteiger partial charge in [-0.2, -0.15) is 0 Å². The highest BCUT2D eigenvalue weighted by Gasteiger charge is 2.25. The second-order valence-electron chi connectivity index (χ2n) is 6.72. The molecule has 3 aromatic rings. The van der Waals surface area contributed by atoms with Crippen molar-refractivity contribution in [3.05, 3.63) is 75.6 Å². The maximum Gasteiger partial charge on any atom is 0.270 e.